The predicted molar refractivity (Wildman–Crippen MR) is 77.9 cm³/mol. The van der Waals surface area contributed by atoms with Crippen molar-refractivity contribution in [3.8, 4) is 0 Å². The number of carbonyl (C=O) groups is 1. The molecule has 1 heterocycles. The Labute approximate surface area is 119 Å². The van der Waals surface area contributed by atoms with E-state index in [1.165, 1.54) is 0 Å². The molecule has 1 aromatic rings. The van der Waals surface area contributed by atoms with E-state index >= 15 is 0 Å². The molecule has 1 saturated heterocycles. The van der Waals surface area contributed by atoms with Crippen molar-refractivity contribution < 1.29 is 4.79 Å². The normalized spacial score (nSPS) is 25.0. The minimum atomic E-state index is 0.188. The highest BCUT2D eigenvalue weighted by Crippen LogP contribution is 2.27. The maximum atomic E-state index is 11.8. The van der Waals surface area contributed by atoms with E-state index in [0.29, 0.717) is 5.78 Å². The molecule has 0 bridgehead atoms. The molecule has 3 rings (SSSR count). The average molecular weight is 279 g/mol. The fourth-order valence-corrected chi connectivity index (χ4v) is 3.42. The number of carbonyl (C=O) groups excluding carboxylic acids is 1. The summed E-state index contributed by atoms with van der Waals surface area (Å²) in [5.41, 5.74) is 1.11. The first-order valence-corrected chi connectivity index (χ1v) is 7.40. The van der Waals surface area contributed by atoms with Gasteiger partial charge in [0.1, 0.15) is 5.78 Å². The maximum absolute atomic E-state index is 11.8. The zero-order valence-electron chi connectivity index (χ0n) is 11.0. The van der Waals surface area contributed by atoms with Crippen LogP contribution in [0.2, 0.25) is 5.02 Å². The van der Waals surface area contributed by atoms with Gasteiger partial charge >= 0.3 is 0 Å². The summed E-state index contributed by atoms with van der Waals surface area (Å²) in [6, 6.07) is 8.17. The number of ketones is 1. The van der Waals surface area contributed by atoms with E-state index in [4.69, 9.17) is 11.6 Å². The fraction of sp³-hybridized carbons (Fsp3) is 0.533. The summed E-state index contributed by atoms with van der Waals surface area (Å²) >= 11 is 6.23. The van der Waals surface area contributed by atoms with Crippen LogP contribution in [0.15, 0.2) is 24.3 Å². The van der Waals surface area contributed by atoms with Gasteiger partial charge in [-0.3, -0.25) is 9.69 Å². The Morgan fingerprint density at radius 1 is 1.11 bits per heavy atom. The molecule has 102 valence electrons. The maximum Gasteiger partial charge on any atom is 0.149 e. The van der Waals surface area contributed by atoms with E-state index in [2.05, 4.69) is 15.9 Å². The number of para-hydroxylation sites is 1. The summed E-state index contributed by atoms with van der Waals surface area (Å²) in [7, 11) is 0. The Balaban J connectivity index is 1.63. The van der Waals surface area contributed by atoms with Crippen molar-refractivity contribution in [1.29, 1.82) is 0 Å². The molecule has 0 radical (unpaired) electrons. The van der Waals surface area contributed by atoms with Crippen molar-refractivity contribution in [1.82, 2.24) is 4.90 Å². The van der Waals surface area contributed by atoms with Gasteiger partial charge in [0, 0.05) is 32.6 Å². The van der Waals surface area contributed by atoms with Crippen LogP contribution in [0.4, 0.5) is 5.69 Å². The number of benzene rings is 1. The molecule has 1 unspecified atom stereocenters. The topological polar surface area (TPSA) is 23.6 Å². The van der Waals surface area contributed by atoms with Gasteiger partial charge in [-0.05, 0) is 25.0 Å². The first-order chi connectivity index (χ1) is 9.25. The second-order valence-corrected chi connectivity index (χ2v) is 5.76. The van der Waals surface area contributed by atoms with Gasteiger partial charge in [-0.25, -0.2) is 0 Å². The zero-order chi connectivity index (χ0) is 13.2. The van der Waals surface area contributed by atoms with E-state index in [1.807, 2.05) is 18.2 Å². The molecule has 3 nitrogen and oxygen atoms in total. The molecule has 4 heteroatoms. The number of anilines is 1. The van der Waals surface area contributed by atoms with Gasteiger partial charge in [-0.1, -0.05) is 23.7 Å². The third-order valence-electron chi connectivity index (χ3n) is 4.22. The molecule has 0 spiro atoms. The lowest BCUT2D eigenvalue weighted by atomic mass is 10.1. The minimum absolute atomic E-state index is 0.188. The predicted octanol–water partition coefficient (Wildman–Crippen LogP) is 2.58. The van der Waals surface area contributed by atoms with E-state index in [-0.39, 0.29) is 6.04 Å². The summed E-state index contributed by atoms with van der Waals surface area (Å²) in [5.74, 6) is 0.436. The zero-order valence-corrected chi connectivity index (χ0v) is 11.8. The van der Waals surface area contributed by atoms with Crippen LogP contribution >= 0.6 is 11.6 Å². The molecule has 2 aliphatic rings. The summed E-state index contributed by atoms with van der Waals surface area (Å²) in [6.45, 7) is 3.82. The number of hydrogen-bond donors (Lipinski definition) is 0. The van der Waals surface area contributed by atoms with Crippen molar-refractivity contribution in [2.45, 2.75) is 25.3 Å². The SMILES string of the molecule is O=C1CCCC1N1CCN(c2ccccc2Cl)CC1. The van der Waals surface area contributed by atoms with Crippen molar-refractivity contribution in [2.24, 2.45) is 0 Å². The van der Waals surface area contributed by atoms with Crippen molar-refractivity contribution in [2.75, 3.05) is 31.1 Å². The summed E-state index contributed by atoms with van der Waals surface area (Å²) in [6.07, 6.45) is 2.88. The molecule has 1 aromatic carbocycles. The van der Waals surface area contributed by atoms with Crippen molar-refractivity contribution in [3.63, 3.8) is 0 Å². The quantitative estimate of drug-likeness (QED) is 0.831. The summed E-state index contributed by atoms with van der Waals surface area (Å²) in [5, 5.41) is 0.813. The second kappa shape index (κ2) is 5.51. The number of rotatable bonds is 2. The molecule has 1 aliphatic carbocycles. The lowest BCUT2D eigenvalue weighted by molar-refractivity contribution is -0.122. The fourth-order valence-electron chi connectivity index (χ4n) is 3.17. The highest BCUT2D eigenvalue weighted by atomic mass is 35.5. The van der Waals surface area contributed by atoms with Gasteiger partial charge in [-0.2, -0.15) is 0 Å². The number of piperazine rings is 1. The van der Waals surface area contributed by atoms with Gasteiger partial charge in [0.25, 0.3) is 0 Å². The average Bonchev–Trinajstić information content (AvgIpc) is 2.86. The molecule has 0 aromatic heterocycles. The minimum Gasteiger partial charge on any atom is -0.368 e. The molecule has 0 N–H and O–H groups in total. The number of halogens is 1. The van der Waals surface area contributed by atoms with E-state index in [0.717, 1.165) is 56.2 Å². The van der Waals surface area contributed by atoms with Crippen molar-refractivity contribution in [3.05, 3.63) is 29.3 Å². The standard InChI is InChI=1S/C15H19ClN2O/c16-12-4-1-2-5-13(12)17-8-10-18(11-9-17)14-6-3-7-15(14)19/h1-2,4-5,14H,3,6-11H2. The van der Waals surface area contributed by atoms with Crippen LogP contribution in [0.3, 0.4) is 0 Å². The Morgan fingerprint density at radius 3 is 2.47 bits per heavy atom. The highest BCUT2D eigenvalue weighted by molar-refractivity contribution is 6.33. The van der Waals surface area contributed by atoms with E-state index < -0.39 is 0 Å². The van der Waals surface area contributed by atoms with E-state index in [9.17, 15) is 4.79 Å². The van der Waals surface area contributed by atoms with Gasteiger partial charge in [-0.15, -0.1) is 0 Å². The van der Waals surface area contributed by atoms with Gasteiger partial charge in [0.2, 0.25) is 0 Å². The highest BCUT2D eigenvalue weighted by Gasteiger charge is 2.32. The first kappa shape index (κ1) is 12.9. The Bertz CT molecular complexity index is 469. The van der Waals surface area contributed by atoms with Gasteiger partial charge < -0.3 is 4.90 Å². The van der Waals surface area contributed by atoms with Gasteiger partial charge in [0.15, 0.2) is 0 Å². The number of Topliss-reactive ketones (excluding diaryl/α,β-unsaturated/α-hetero) is 1. The largest absolute Gasteiger partial charge is 0.368 e. The molecular weight excluding hydrogens is 260 g/mol. The molecule has 19 heavy (non-hydrogen) atoms. The van der Waals surface area contributed by atoms with Crippen LogP contribution in [0.5, 0.6) is 0 Å². The number of nitrogens with zero attached hydrogens (tertiary/aromatic N) is 2. The van der Waals surface area contributed by atoms with Crippen molar-refractivity contribution >= 4 is 23.1 Å². The Hall–Kier alpha value is -1.06. The smallest absolute Gasteiger partial charge is 0.149 e. The molecule has 0 amide bonds. The Morgan fingerprint density at radius 2 is 1.84 bits per heavy atom. The Kier molecular flexibility index (Phi) is 3.76. The molecule has 1 saturated carbocycles. The van der Waals surface area contributed by atoms with Crippen LogP contribution in [0.25, 0.3) is 0 Å². The second-order valence-electron chi connectivity index (χ2n) is 5.35. The molecule has 1 aliphatic heterocycles. The summed E-state index contributed by atoms with van der Waals surface area (Å²) in [4.78, 5) is 16.5. The van der Waals surface area contributed by atoms with Crippen LogP contribution in [0.1, 0.15) is 19.3 Å². The molecular formula is C15H19ClN2O. The third-order valence-corrected chi connectivity index (χ3v) is 4.54. The van der Waals surface area contributed by atoms with Crippen LogP contribution in [-0.2, 0) is 4.79 Å². The van der Waals surface area contributed by atoms with Crippen LogP contribution < -0.4 is 4.90 Å². The monoisotopic (exact) mass is 278 g/mol. The first-order valence-electron chi connectivity index (χ1n) is 7.02. The van der Waals surface area contributed by atoms with Crippen LogP contribution in [-0.4, -0.2) is 42.9 Å². The summed E-state index contributed by atoms with van der Waals surface area (Å²) < 4.78 is 0. The van der Waals surface area contributed by atoms with Gasteiger partial charge in [0.05, 0.1) is 16.8 Å². The lowest BCUT2D eigenvalue weighted by Gasteiger charge is -2.38. The molecule has 2 fully saturated rings. The third kappa shape index (κ3) is 2.63. The number of hydrogen-bond acceptors (Lipinski definition) is 3. The lowest BCUT2D eigenvalue weighted by Crippen LogP contribution is -2.51. The molecule has 1 atom stereocenters. The van der Waals surface area contributed by atoms with E-state index in [1.54, 1.807) is 0 Å². The van der Waals surface area contributed by atoms with Crippen LogP contribution in [0, 0.1) is 0 Å².